The molecule has 0 aliphatic carbocycles. The summed E-state index contributed by atoms with van der Waals surface area (Å²) in [5.41, 5.74) is 2.13. The first-order chi connectivity index (χ1) is 10.6. The Bertz CT molecular complexity index is 1080. The topological polar surface area (TPSA) is 89.2 Å². The third-order valence-electron chi connectivity index (χ3n) is 3.62. The summed E-state index contributed by atoms with van der Waals surface area (Å²) in [6.07, 6.45) is 0. The lowest BCUT2D eigenvalue weighted by Gasteiger charge is -2.06. The van der Waals surface area contributed by atoms with Crippen LogP contribution in [-0.4, -0.2) is 20.0 Å². The van der Waals surface area contributed by atoms with Gasteiger partial charge in [-0.05, 0) is 6.07 Å². The normalized spacial score (nSPS) is 11.3. The lowest BCUT2D eigenvalue weighted by Crippen LogP contribution is -1.92. The number of aromatic hydroxyl groups is 1. The number of nitro groups is 1. The monoisotopic (exact) mass is 291 g/mol. The Morgan fingerprint density at radius 2 is 1.68 bits per heavy atom. The molecule has 4 rings (SSSR count). The van der Waals surface area contributed by atoms with Crippen LogP contribution in [0.15, 0.2) is 48.5 Å². The van der Waals surface area contributed by atoms with Gasteiger partial charge in [0.05, 0.1) is 27.0 Å². The first-order valence-corrected chi connectivity index (χ1v) is 6.60. The van der Waals surface area contributed by atoms with Crippen LogP contribution in [0.1, 0.15) is 0 Å². The van der Waals surface area contributed by atoms with Crippen LogP contribution >= 0.6 is 0 Å². The highest BCUT2D eigenvalue weighted by Crippen LogP contribution is 2.32. The van der Waals surface area contributed by atoms with E-state index in [4.69, 9.17) is 0 Å². The van der Waals surface area contributed by atoms with Crippen molar-refractivity contribution in [1.82, 2.24) is 9.97 Å². The fourth-order valence-electron chi connectivity index (χ4n) is 2.59. The molecule has 0 unspecified atom stereocenters. The van der Waals surface area contributed by atoms with Crippen LogP contribution in [0.25, 0.3) is 32.8 Å². The minimum atomic E-state index is -0.469. The molecule has 106 valence electrons. The van der Waals surface area contributed by atoms with Crippen LogP contribution in [0.5, 0.6) is 5.75 Å². The van der Waals surface area contributed by atoms with Gasteiger partial charge >= 0.3 is 0 Å². The van der Waals surface area contributed by atoms with Gasteiger partial charge in [0.25, 0.3) is 5.69 Å². The largest absolute Gasteiger partial charge is 0.507 e. The predicted molar refractivity (Wildman–Crippen MR) is 82.9 cm³/mol. The molecule has 1 heterocycles. The maximum Gasteiger partial charge on any atom is 0.271 e. The van der Waals surface area contributed by atoms with Crippen molar-refractivity contribution >= 4 is 38.5 Å². The molecule has 0 spiro atoms. The summed E-state index contributed by atoms with van der Waals surface area (Å²) in [4.78, 5) is 19.3. The van der Waals surface area contributed by atoms with Crippen molar-refractivity contribution < 1.29 is 10.0 Å². The number of hydrogen-bond donors (Lipinski definition) is 1. The third-order valence-corrected chi connectivity index (χ3v) is 3.62. The number of benzene rings is 3. The standard InChI is InChI=1S/C16H9N3O3/c20-15-8-14-16(11-4-2-1-3-10(11)15)18-12-6-5-9(19(21)22)7-13(12)17-14/h1-8,20H. The van der Waals surface area contributed by atoms with E-state index in [0.717, 1.165) is 5.39 Å². The average molecular weight is 291 g/mol. The van der Waals surface area contributed by atoms with Gasteiger partial charge < -0.3 is 5.11 Å². The molecule has 0 radical (unpaired) electrons. The van der Waals surface area contributed by atoms with Gasteiger partial charge in [0.15, 0.2) is 0 Å². The Kier molecular flexibility index (Phi) is 2.47. The van der Waals surface area contributed by atoms with Crippen LogP contribution in [0, 0.1) is 10.1 Å². The zero-order chi connectivity index (χ0) is 15.3. The van der Waals surface area contributed by atoms with Crippen LogP contribution in [-0.2, 0) is 0 Å². The summed E-state index contributed by atoms with van der Waals surface area (Å²) in [6, 6.07) is 13.3. The van der Waals surface area contributed by atoms with Gasteiger partial charge in [0, 0.05) is 29.0 Å². The Morgan fingerprint density at radius 3 is 2.45 bits per heavy atom. The molecule has 22 heavy (non-hydrogen) atoms. The molecule has 0 fully saturated rings. The molecule has 3 aromatic carbocycles. The quantitative estimate of drug-likeness (QED) is 0.251. The SMILES string of the molecule is O=[N+]([O-])c1ccc2nc3c(cc(O)c4ccccc43)nc2c1. The zero-order valence-corrected chi connectivity index (χ0v) is 11.2. The summed E-state index contributed by atoms with van der Waals surface area (Å²) in [7, 11) is 0. The highest BCUT2D eigenvalue weighted by molar-refractivity contribution is 6.08. The van der Waals surface area contributed by atoms with Gasteiger partial charge in [-0.25, -0.2) is 9.97 Å². The van der Waals surface area contributed by atoms with Crippen molar-refractivity contribution in [2.45, 2.75) is 0 Å². The number of nitro benzene ring substituents is 1. The smallest absolute Gasteiger partial charge is 0.271 e. The second-order valence-corrected chi connectivity index (χ2v) is 4.96. The summed E-state index contributed by atoms with van der Waals surface area (Å²) in [5.74, 6) is 0.113. The van der Waals surface area contributed by atoms with E-state index >= 15 is 0 Å². The molecular weight excluding hydrogens is 282 g/mol. The molecule has 6 heteroatoms. The van der Waals surface area contributed by atoms with Crippen LogP contribution in [0.2, 0.25) is 0 Å². The third kappa shape index (κ3) is 1.74. The van der Waals surface area contributed by atoms with Crippen molar-refractivity contribution in [3.8, 4) is 5.75 Å². The van der Waals surface area contributed by atoms with Crippen molar-refractivity contribution in [2.75, 3.05) is 0 Å². The number of non-ortho nitro benzene ring substituents is 1. The molecule has 0 bridgehead atoms. The lowest BCUT2D eigenvalue weighted by molar-refractivity contribution is -0.384. The maximum absolute atomic E-state index is 10.9. The van der Waals surface area contributed by atoms with Crippen LogP contribution < -0.4 is 0 Å². The average Bonchev–Trinajstić information content (AvgIpc) is 2.53. The zero-order valence-electron chi connectivity index (χ0n) is 11.2. The summed E-state index contributed by atoms with van der Waals surface area (Å²) in [5, 5.41) is 22.5. The van der Waals surface area contributed by atoms with E-state index in [9.17, 15) is 15.2 Å². The minimum absolute atomic E-state index is 0.0360. The Labute approximate surface area is 123 Å². The number of phenolic OH excluding ortho intramolecular Hbond substituents is 1. The number of hydrogen-bond acceptors (Lipinski definition) is 5. The number of phenols is 1. The van der Waals surface area contributed by atoms with Gasteiger partial charge in [0.1, 0.15) is 5.75 Å². The molecule has 1 aromatic heterocycles. The maximum atomic E-state index is 10.9. The fourth-order valence-corrected chi connectivity index (χ4v) is 2.59. The van der Waals surface area contributed by atoms with Gasteiger partial charge in [-0.15, -0.1) is 0 Å². The van der Waals surface area contributed by atoms with E-state index < -0.39 is 4.92 Å². The minimum Gasteiger partial charge on any atom is -0.507 e. The molecule has 6 nitrogen and oxygen atoms in total. The Balaban J connectivity index is 2.15. The van der Waals surface area contributed by atoms with E-state index in [1.165, 1.54) is 18.2 Å². The molecule has 1 N–H and O–H groups in total. The summed E-state index contributed by atoms with van der Waals surface area (Å²) < 4.78 is 0. The first kappa shape index (κ1) is 12.5. The second kappa shape index (κ2) is 4.36. The molecule has 0 saturated carbocycles. The number of nitrogens with zero attached hydrogens (tertiary/aromatic N) is 3. The molecule has 0 atom stereocenters. The summed E-state index contributed by atoms with van der Waals surface area (Å²) in [6.45, 7) is 0. The number of rotatable bonds is 1. The van der Waals surface area contributed by atoms with Crippen molar-refractivity contribution in [1.29, 1.82) is 0 Å². The predicted octanol–water partition coefficient (Wildman–Crippen LogP) is 3.55. The van der Waals surface area contributed by atoms with Crippen molar-refractivity contribution in [3.63, 3.8) is 0 Å². The summed E-state index contributed by atoms with van der Waals surface area (Å²) >= 11 is 0. The second-order valence-electron chi connectivity index (χ2n) is 4.96. The lowest BCUT2D eigenvalue weighted by atomic mass is 10.1. The Hall–Kier alpha value is -3.28. The molecule has 0 aliphatic heterocycles. The number of aromatic nitrogens is 2. The van der Waals surface area contributed by atoms with Gasteiger partial charge in [-0.3, -0.25) is 10.1 Å². The number of fused-ring (bicyclic) bond motifs is 4. The fraction of sp³-hybridized carbons (Fsp3) is 0. The van der Waals surface area contributed by atoms with Crippen molar-refractivity contribution in [2.24, 2.45) is 0 Å². The molecule has 0 amide bonds. The first-order valence-electron chi connectivity index (χ1n) is 6.60. The molecule has 0 aliphatic rings. The van der Waals surface area contributed by atoms with E-state index in [-0.39, 0.29) is 11.4 Å². The highest BCUT2D eigenvalue weighted by Gasteiger charge is 2.12. The van der Waals surface area contributed by atoms with Gasteiger partial charge in [-0.1, -0.05) is 24.3 Å². The van der Waals surface area contributed by atoms with Gasteiger partial charge in [-0.2, -0.15) is 0 Å². The Morgan fingerprint density at radius 1 is 0.909 bits per heavy atom. The van der Waals surface area contributed by atoms with E-state index in [0.29, 0.717) is 27.5 Å². The molecule has 4 aromatic rings. The molecule has 0 saturated heterocycles. The van der Waals surface area contributed by atoms with E-state index in [1.807, 2.05) is 24.3 Å². The van der Waals surface area contributed by atoms with E-state index in [1.54, 1.807) is 6.07 Å². The highest BCUT2D eigenvalue weighted by atomic mass is 16.6. The van der Waals surface area contributed by atoms with E-state index in [2.05, 4.69) is 9.97 Å². The van der Waals surface area contributed by atoms with Gasteiger partial charge in [0.2, 0.25) is 0 Å². The van der Waals surface area contributed by atoms with Crippen LogP contribution in [0.3, 0.4) is 0 Å². The molecular formula is C16H9N3O3. The van der Waals surface area contributed by atoms with Crippen LogP contribution in [0.4, 0.5) is 5.69 Å². The van der Waals surface area contributed by atoms with Crippen molar-refractivity contribution in [3.05, 3.63) is 58.6 Å².